The smallest absolute Gasteiger partial charge is 0.151 e. The molecule has 0 bridgehead atoms. The van der Waals surface area contributed by atoms with E-state index in [1.807, 2.05) is 43.7 Å². The van der Waals surface area contributed by atoms with Crippen molar-refractivity contribution in [2.24, 2.45) is 5.73 Å². The highest BCUT2D eigenvalue weighted by atomic mass is 16.3. The summed E-state index contributed by atoms with van der Waals surface area (Å²) in [5.74, 6) is -0.190. The zero-order chi connectivity index (χ0) is 12.8. The normalized spacial score (nSPS) is 12.4. The van der Waals surface area contributed by atoms with Gasteiger partial charge in [0, 0.05) is 0 Å². The van der Waals surface area contributed by atoms with Crippen molar-refractivity contribution in [2.45, 2.75) is 11.8 Å². The zero-order valence-corrected chi connectivity index (χ0v) is 10.2. The van der Waals surface area contributed by atoms with Crippen molar-refractivity contribution in [1.29, 1.82) is 0 Å². The monoisotopic (exact) mass is 238 g/mol. The molecule has 3 heteroatoms. The fourth-order valence-corrected chi connectivity index (χ4v) is 2.04. The topological polar surface area (TPSA) is 46.2 Å². The molecule has 0 saturated heterocycles. The molecule has 0 heterocycles. The van der Waals surface area contributed by atoms with Crippen molar-refractivity contribution in [2.75, 3.05) is 6.61 Å². The number of benzene rings is 2. The molecule has 0 aliphatic rings. The van der Waals surface area contributed by atoms with E-state index in [1.165, 1.54) is 11.1 Å². The average Bonchev–Trinajstić information content (AvgIpc) is 2.46. The maximum Gasteiger partial charge on any atom is 0.151 e. The van der Waals surface area contributed by atoms with Gasteiger partial charge in [0.25, 0.3) is 0 Å². The van der Waals surface area contributed by atoms with Crippen molar-refractivity contribution < 1.29 is 5.11 Å². The van der Waals surface area contributed by atoms with Crippen LogP contribution in [0.3, 0.4) is 0 Å². The zero-order valence-electron chi connectivity index (χ0n) is 10.2. The summed E-state index contributed by atoms with van der Waals surface area (Å²) < 4.78 is 0. The van der Waals surface area contributed by atoms with Crippen molar-refractivity contribution in [1.82, 2.24) is 0 Å². The second kappa shape index (κ2) is 6.38. The summed E-state index contributed by atoms with van der Waals surface area (Å²) in [5, 5.41) is 9.12. The van der Waals surface area contributed by atoms with E-state index in [0.29, 0.717) is 0 Å². The van der Waals surface area contributed by atoms with Crippen molar-refractivity contribution in [3.63, 3.8) is 0 Å². The fraction of sp³-hybridized carbons (Fsp3) is 0.200. The van der Waals surface area contributed by atoms with Gasteiger partial charge in [-0.25, -0.2) is 0 Å². The van der Waals surface area contributed by atoms with Gasteiger partial charge in [0.2, 0.25) is 0 Å². The molecule has 0 aromatic heterocycles. The summed E-state index contributed by atoms with van der Waals surface area (Å²) in [6.45, 7) is -0.0316. The van der Waals surface area contributed by atoms with Gasteiger partial charge in [-0.1, -0.05) is 60.7 Å². The van der Waals surface area contributed by atoms with Crippen LogP contribution in [0.4, 0.5) is 0 Å². The molecule has 18 heavy (non-hydrogen) atoms. The molecule has 0 spiro atoms. The van der Waals surface area contributed by atoms with Crippen LogP contribution in [0.2, 0.25) is 0 Å². The van der Waals surface area contributed by atoms with E-state index in [-0.39, 0.29) is 18.4 Å². The third-order valence-electron chi connectivity index (χ3n) is 2.97. The minimum atomic E-state index is -0.310. The highest BCUT2D eigenvalue weighted by Crippen LogP contribution is 2.23. The van der Waals surface area contributed by atoms with Gasteiger partial charge in [0.05, 0.1) is 6.61 Å². The lowest BCUT2D eigenvalue weighted by atomic mass is 9.54. The van der Waals surface area contributed by atoms with Gasteiger partial charge in [-0.15, -0.1) is 0 Å². The molecule has 0 aliphatic heterocycles. The van der Waals surface area contributed by atoms with Gasteiger partial charge in [-0.2, -0.15) is 0 Å². The van der Waals surface area contributed by atoms with Crippen LogP contribution in [-0.4, -0.2) is 24.9 Å². The third-order valence-corrected chi connectivity index (χ3v) is 2.97. The van der Waals surface area contributed by atoms with Crippen LogP contribution in [-0.2, 0) is 0 Å². The summed E-state index contributed by atoms with van der Waals surface area (Å²) in [6.07, 6.45) is 0. The molecule has 0 amide bonds. The minimum absolute atomic E-state index is 0.0316. The molecule has 2 nitrogen and oxygen atoms in total. The van der Waals surface area contributed by atoms with Crippen LogP contribution in [0.1, 0.15) is 16.9 Å². The Hall–Kier alpha value is -1.58. The second-order valence-electron chi connectivity index (χ2n) is 4.34. The van der Waals surface area contributed by atoms with Crippen LogP contribution >= 0.6 is 0 Å². The van der Waals surface area contributed by atoms with E-state index in [4.69, 9.17) is 10.8 Å². The van der Waals surface area contributed by atoms with Crippen LogP contribution in [0, 0.1) is 0 Å². The van der Waals surface area contributed by atoms with Crippen LogP contribution in [0.25, 0.3) is 0 Å². The van der Waals surface area contributed by atoms with Crippen LogP contribution in [0.5, 0.6) is 0 Å². The predicted octanol–water partition coefficient (Wildman–Crippen LogP) is 1.76. The highest BCUT2D eigenvalue weighted by Gasteiger charge is 2.18. The lowest BCUT2D eigenvalue weighted by Gasteiger charge is -2.20. The fourth-order valence-electron chi connectivity index (χ4n) is 2.04. The Balaban J connectivity index is 2.29. The summed E-state index contributed by atoms with van der Waals surface area (Å²) in [6, 6.07) is 20.4. The Bertz CT molecular complexity index is 421. The maximum atomic E-state index is 9.12. The first-order valence-electron chi connectivity index (χ1n) is 6.12. The second-order valence-corrected chi connectivity index (χ2v) is 4.34. The molecule has 1 radical (unpaired) electrons. The molecule has 91 valence electrons. The van der Waals surface area contributed by atoms with E-state index < -0.39 is 0 Å². The molecule has 0 fully saturated rings. The minimum Gasteiger partial charge on any atom is -0.396 e. The van der Waals surface area contributed by atoms with E-state index in [1.54, 1.807) is 0 Å². The van der Waals surface area contributed by atoms with Crippen molar-refractivity contribution in [3.8, 4) is 0 Å². The lowest BCUT2D eigenvalue weighted by molar-refractivity contribution is 0.292. The van der Waals surface area contributed by atoms with Gasteiger partial charge >= 0.3 is 0 Å². The Morgan fingerprint density at radius 3 is 1.72 bits per heavy atom. The Morgan fingerprint density at radius 1 is 0.889 bits per heavy atom. The first kappa shape index (κ1) is 12.9. The van der Waals surface area contributed by atoms with Gasteiger partial charge < -0.3 is 10.8 Å². The summed E-state index contributed by atoms with van der Waals surface area (Å²) in [4.78, 5) is 0. The number of hydrogen-bond acceptors (Lipinski definition) is 2. The molecule has 0 aliphatic carbocycles. The van der Waals surface area contributed by atoms with Gasteiger partial charge in [0.1, 0.15) is 0 Å². The van der Waals surface area contributed by atoms with E-state index in [9.17, 15) is 0 Å². The van der Waals surface area contributed by atoms with Crippen LogP contribution in [0.15, 0.2) is 60.7 Å². The molecular formula is C15H17BNO. The SMILES string of the molecule is NC([B]C(c1ccccc1)c1ccccc1)CO. The van der Waals surface area contributed by atoms with Gasteiger partial charge in [-0.05, 0) is 22.9 Å². The van der Waals surface area contributed by atoms with E-state index >= 15 is 0 Å². The third kappa shape index (κ3) is 3.22. The molecule has 1 atom stereocenters. The Kier molecular flexibility index (Phi) is 4.56. The number of hydrogen-bond donors (Lipinski definition) is 2. The molecule has 3 N–H and O–H groups in total. The number of nitrogens with two attached hydrogens (primary N) is 1. The molecule has 2 aromatic carbocycles. The quantitative estimate of drug-likeness (QED) is 0.779. The molecular weight excluding hydrogens is 221 g/mol. The maximum absolute atomic E-state index is 9.12. The Morgan fingerprint density at radius 2 is 1.33 bits per heavy atom. The first-order valence-corrected chi connectivity index (χ1v) is 6.12. The molecule has 2 aromatic rings. The molecule has 0 saturated carbocycles. The van der Waals surface area contributed by atoms with Crippen molar-refractivity contribution >= 4 is 7.28 Å². The summed E-state index contributed by atoms with van der Waals surface area (Å²) in [7, 11) is 1.99. The van der Waals surface area contributed by atoms with Gasteiger partial charge in [-0.3, -0.25) is 0 Å². The summed E-state index contributed by atoms with van der Waals surface area (Å²) >= 11 is 0. The van der Waals surface area contributed by atoms with Gasteiger partial charge in [0.15, 0.2) is 7.28 Å². The highest BCUT2D eigenvalue weighted by molar-refractivity contribution is 6.41. The van der Waals surface area contributed by atoms with Crippen LogP contribution < -0.4 is 5.73 Å². The Labute approximate surface area is 109 Å². The predicted molar refractivity (Wildman–Crippen MR) is 75.5 cm³/mol. The standard InChI is InChI=1S/C15H17BNO/c17-14(11-18)16-15(12-7-3-1-4-8-12)13-9-5-2-6-10-13/h1-10,14-15,18H,11,17H2. The average molecular weight is 238 g/mol. The number of rotatable bonds is 5. The largest absolute Gasteiger partial charge is 0.396 e. The van der Waals surface area contributed by atoms with E-state index in [2.05, 4.69) is 24.3 Å². The van der Waals surface area contributed by atoms with Crippen molar-refractivity contribution in [3.05, 3.63) is 71.8 Å². The summed E-state index contributed by atoms with van der Waals surface area (Å²) in [5.41, 5.74) is 8.22. The molecule has 1 unspecified atom stereocenters. The number of aliphatic hydroxyl groups is 1. The molecule has 2 rings (SSSR count). The lowest BCUT2D eigenvalue weighted by Crippen LogP contribution is -2.35. The van der Waals surface area contributed by atoms with E-state index in [0.717, 1.165) is 0 Å². The first-order chi connectivity index (χ1) is 8.81. The number of aliphatic hydroxyl groups excluding tert-OH is 1.